The van der Waals surface area contributed by atoms with Crippen molar-refractivity contribution in [2.75, 3.05) is 31.1 Å². The van der Waals surface area contributed by atoms with Gasteiger partial charge in [-0.25, -0.2) is 0 Å². The van der Waals surface area contributed by atoms with Crippen LogP contribution in [-0.4, -0.2) is 37.0 Å². The Morgan fingerprint density at radius 3 is 2.54 bits per heavy atom. The van der Waals surface area contributed by atoms with Gasteiger partial charge in [0.15, 0.2) is 0 Å². The van der Waals surface area contributed by atoms with E-state index in [-0.39, 0.29) is 5.91 Å². The fourth-order valence-electron chi connectivity index (χ4n) is 2.89. The quantitative estimate of drug-likeness (QED) is 0.758. The lowest BCUT2D eigenvalue weighted by molar-refractivity contribution is -0.126. The van der Waals surface area contributed by atoms with Crippen molar-refractivity contribution in [1.29, 1.82) is 0 Å². The van der Waals surface area contributed by atoms with Crippen molar-refractivity contribution in [3.8, 4) is 0 Å². The van der Waals surface area contributed by atoms with Gasteiger partial charge in [0.1, 0.15) is 0 Å². The molecule has 3 nitrogen and oxygen atoms in total. The van der Waals surface area contributed by atoms with Crippen LogP contribution < -0.4 is 4.90 Å². The molecule has 1 aromatic heterocycles. The average Bonchev–Trinajstić information content (AvgIpc) is 3.00. The number of amides is 1. The third-order valence-electron chi connectivity index (χ3n) is 4.25. The number of hydrogen-bond donors (Lipinski definition) is 0. The van der Waals surface area contributed by atoms with Crippen LogP contribution >= 0.6 is 22.9 Å². The second-order valence-electron chi connectivity index (χ2n) is 6.02. The average molecular weight is 361 g/mol. The van der Waals surface area contributed by atoms with E-state index in [4.69, 9.17) is 11.6 Å². The van der Waals surface area contributed by atoms with E-state index in [9.17, 15) is 4.79 Å². The standard InChI is InChI=1S/C19H21ClN2OS/c1-14-3-5-16(20)13-18(14)21-9-11-22(12-10-21)19(23)8-7-17-6-4-15(2)24-17/h3-8,13H,9-12H2,1-2H3/b8-7-. The number of carbonyl (C=O) groups is 1. The molecule has 0 N–H and O–H groups in total. The zero-order chi connectivity index (χ0) is 17.1. The Hall–Kier alpha value is -1.78. The number of aryl methyl sites for hydroxylation is 2. The molecule has 2 aromatic rings. The Balaban J connectivity index is 1.59. The number of carbonyl (C=O) groups excluding carboxylic acids is 1. The maximum Gasteiger partial charge on any atom is 0.246 e. The first kappa shape index (κ1) is 17.1. The zero-order valence-electron chi connectivity index (χ0n) is 14.0. The molecule has 1 aromatic carbocycles. The van der Waals surface area contributed by atoms with E-state index in [2.05, 4.69) is 24.8 Å². The second-order valence-corrected chi connectivity index (χ2v) is 7.78. The Labute approximate surface area is 152 Å². The van der Waals surface area contributed by atoms with Gasteiger partial charge in [-0.15, -0.1) is 11.3 Å². The van der Waals surface area contributed by atoms with Crippen molar-refractivity contribution in [1.82, 2.24) is 4.90 Å². The second kappa shape index (κ2) is 7.41. The van der Waals surface area contributed by atoms with Gasteiger partial charge in [0.05, 0.1) is 0 Å². The molecule has 1 fully saturated rings. The van der Waals surface area contributed by atoms with Crippen molar-refractivity contribution in [3.05, 3.63) is 56.7 Å². The summed E-state index contributed by atoms with van der Waals surface area (Å²) < 4.78 is 0. The van der Waals surface area contributed by atoms with Gasteiger partial charge in [-0.3, -0.25) is 4.79 Å². The first-order valence-electron chi connectivity index (χ1n) is 8.07. The molecule has 126 valence electrons. The summed E-state index contributed by atoms with van der Waals surface area (Å²) in [6.07, 6.45) is 3.60. The van der Waals surface area contributed by atoms with Crippen LogP contribution in [0.2, 0.25) is 5.02 Å². The van der Waals surface area contributed by atoms with Crippen LogP contribution in [0.3, 0.4) is 0 Å². The van der Waals surface area contributed by atoms with E-state index in [0.717, 1.165) is 36.1 Å². The van der Waals surface area contributed by atoms with E-state index in [1.165, 1.54) is 16.1 Å². The third kappa shape index (κ3) is 4.00. The number of benzene rings is 1. The summed E-state index contributed by atoms with van der Waals surface area (Å²) in [7, 11) is 0. The first-order chi connectivity index (χ1) is 11.5. The van der Waals surface area contributed by atoms with Gasteiger partial charge in [0, 0.05) is 52.7 Å². The van der Waals surface area contributed by atoms with Crippen LogP contribution in [0.5, 0.6) is 0 Å². The summed E-state index contributed by atoms with van der Waals surface area (Å²) in [5, 5.41) is 0.753. The summed E-state index contributed by atoms with van der Waals surface area (Å²) in [5.74, 6) is 0.0866. The number of nitrogens with zero attached hydrogens (tertiary/aromatic N) is 2. The van der Waals surface area contributed by atoms with Crippen LogP contribution in [0.25, 0.3) is 6.08 Å². The minimum Gasteiger partial charge on any atom is -0.368 e. The highest BCUT2D eigenvalue weighted by molar-refractivity contribution is 7.12. The van der Waals surface area contributed by atoms with E-state index >= 15 is 0 Å². The van der Waals surface area contributed by atoms with Gasteiger partial charge >= 0.3 is 0 Å². The number of anilines is 1. The fraction of sp³-hybridized carbons (Fsp3) is 0.316. The number of piperazine rings is 1. The zero-order valence-corrected chi connectivity index (χ0v) is 15.5. The molecule has 5 heteroatoms. The summed E-state index contributed by atoms with van der Waals surface area (Å²) in [6, 6.07) is 10.1. The number of thiophene rings is 1. The minimum absolute atomic E-state index is 0.0866. The maximum absolute atomic E-state index is 12.3. The predicted octanol–water partition coefficient (Wildman–Crippen LogP) is 4.38. The Morgan fingerprint density at radius 1 is 1.12 bits per heavy atom. The van der Waals surface area contributed by atoms with Crippen LogP contribution in [0.15, 0.2) is 36.4 Å². The highest BCUT2D eigenvalue weighted by Gasteiger charge is 2.20. The molecule has 1 amide bonds. The molecule has 0 atom stereocenters. The molecular weight excluding hydrogens is 340 g/mol. The normalized spacial score (nSPS) is 15.3. The number of hydrogen-bond acceptors (Lipinski definition) is 3. The minimum atomic E-state index is 0.0866. The monoisotopic (exact) mass is 360 g/mol. The molecule has 0 unspecified atom stereocenters. The smallest absolute Gasteiger partial charge is 0.246 e. The molecule has 1 aliphatic heterocycles. The lowest BCUT2D eigenvalue weighted by Crippen LogP contribution is -2.48. The van der Waals surface area contributed by atoms with E-state index in [1.807, 2.05) is 35.2 Å². The first-order valence-corrected chi connectivity index (χ1v) is 9.27. The fourth-order valence-corrected chi connectivity index (χ4v) is 3.84. The summed E-state index contributed by atoms with van der Waals surface area (Å²) in [5.41, 5.74) is 2.38. The van der Waals surface area contributed by atoms with Gasteiger partial charge in [-0.2, -0.15) is 0 Å². The van der Waals surface area contributed by atoms with Gasteiger partial charge in [0.2, 0.25) is 5.91 Å². The Bertz CT molecular complexity index is 760. The van der Waals surface area contributed by atoms with Gasteiger partial charge < -0.3 is 9.80 Å². The molecule has 0 saturated carbocycles. The molecule has 0 bridgehead atoms. The number of halogens is 1. The topological polar surface area (TPSA) is 23.6 Å². The molecule has 2 heterocycles. The Morgan fingerprint density at radius 2 is 1.88 bits per heavy atom. The van der Waals surface area contributed by atoms with Crippen LogP contribution in [0, 0.1) is 13.8 Å². The van der Waals surface area contributed by atoms with Crippen molar-refractivity contribution < 1.29 is 4.79 Å². The molecule has 0 radical (unpaired) electrons. The highest BCUT2D eigenvalue weighted by Crippen LogP contribution is 2.25. The summed E-state index contributed by atoms with van der Waals surface area (Å²) in [4.78, 5) is 18.9. The van der Waals surface area contributed by atoms with Crippen molar-refractivity contribution in [3.63, 3.8) is 0 Å². The number of rotatable bonds is 3. The van der Waals surface area contributed by atoms with Gasteiger partial charge in [-0.05, 0) is 49.8 Å². The molecule has 24 heavy (non-hydrogen) atoms. The van der Waals surface area contributed by atoms with Crippen molar-refractivity contribution in [2.24, 2.45) is 0 Å². The van der Waals surface area contributed by atoms with Crippen molar-refractivity contribution >= 4 is 40.6 Å². The van der Waals surface area contributed by atoms with Gasteiger partial charge in [-0.1, -0.05) is 17.7 Å². The molecule has 3 rings (SSSR count). The summed E-state index contributed by atoms with van der Waals surface area (Å²) in [6.45, 7) is 7.30. The van der Waals surface area contributed by atoms with Crippen LogP contribution in [0.1, 0.15) is 15.3 Å². The Kier molecular flexibility index (Phi) is 5.27. The molecule has 0 spiro atoms. The van der Waals surface area contributed by atoms with Crippen molar-refractivity contribution in [2.45, 2.75) is 13.8 Å². The van der Waals surface area contributed by atoms with Gasteiger partial charge in [0.25, 0.3) is 0 Å². The van der Waals surface area contributed by atoms with E-state index < -0.39 is 0 Å². The van der Waals surface area contributed by atoms with E-state index in [0.29, 0.717) is 0 Å². The SMILES string of the molecule is Cc1ccc(/C=C\C(=O)N2CCN(c3cc(Cl)ccc3C)CC2)s1. The lowest BCUT2D eigenvalue weighted by Gasteiger charge is -2.36. The molecule has 1 saturated heterocycles. The van der Waals surface area contributed by atoms with Crippen LogP contribution in [-0.2, 0) is 4.79 Å². The molecule has 0 aliphatic carbocycles. The molecule has 1 aliphatic rings. The largest absolute Gasteiger partial charge is 0.368 e. The molecular formula is C19H21ClN2OS. The maximum atomic E-state index is 12.3. The van der Waals surface area contributed by atoms with E-state index in [1.54, 1.807) is 17.4 Å². The third-order valence-corrected chi connectivity index (χ3v) is 5.46. The predicted molar refractivity (Wildman–Crippen MR) is 103 cm³/mol. The van der Waals surface area contributed by atoms with Crippen LogP contribution in [0.4, 0.5) is 5.69 Å². The lowest BCUT2D eigenvalue weighted by atomic mass is 10.1. The summed E-state index contributed by atoms with van der Waals surface area (Å²) >= 11 is 7.82. The highest BCUT2D eigenvalue weighted by atomic mass is 35.5.